The highest BCUT2D eigenvalue weighted by atomic mass is 19.2. The van der Waals surface area contributed by atoms with Crippen molar-refractivity contribution in [3.8, 4) is 0 Å². The molecule has 0 saturated heterocycles. The Kier molecular flexibility index (Phi) is 6.18. The lowest BCUT2D eigenvalue weighted by atomic mass is 10.1. The van der Waals surface area contributed by atoms with Gasteiger partial charge >= 0.3 is 18.0 Å². The van der Waals surface area contributed by atoms with Crippen LogP contribution >= 0.6 is 0 Å². The monoisotopic (exact) mass is 346 g/mol. The number of carboxylic acid groups (broad SMARTS) is 1. The van der Waals surface area contributed by atoms with E-state index < -0.39 is 47.3 Å². The van der Waals surface area contributed by atoms with Gasteiger partial charge in [0.15, 0.2) is 17.2 Å². The zero-order valence-electron chi connectivity index (χ0n) is 12.9. The average Bonchev–Trinajstić information content (AvgIpc) is 2.48. The summed E-state index contributed by atoms with van der Waals surface area (Å²) in [4.78, 5) is 34.1. The molecule has 4 N–H and O–H groups in total. The van der Waals surface area contributed by atoms with Gasteiger partial charge in [-0.3, -0.25) is 0 Å². The third-order valence-electron chi connectivity index (χ3n) is 2.86. The number of aliphatic carboxylic acids is 1. The van der Waals surface area contributed by atoms with Crippen molar-refractivity contribution >= 4 is 23.7 Å². The van der Waals surface area contributed by atoms with E-state index in [0.717, 1.165) is 6.92 Å². The summed E-state index contributed by atoms with van der Waals surface area (Å²) >= 11 is 0. The summed E-state index contributed by atoms with van der Waals surface area (Å²) in [6, 6.07) is 0.112. The number of esters is 1. The van der Waals surface area contributed by atoms with Crippen LogP contribution in [0.2, 0.25) is 0 Å². The fourth-order valence-electron chi connectivity index (χ4n) is 1.52. The Morgan fingerprint density at radius 3 is 2.38 bits per heavy atom. The highest BCUT2D eigenvalue weighted by molar-refractivity contribution is 6.01. The molecule has 0 aromatic heterocycles. The van der Waals surface area contributed by atoms with Crippen molar-refractivity contribution in [2.45, 2.75) is 19.4 Å². The number of nitrogens with one attached hydrogen (secondary N) is 2. The summed E-state index contributed by atoms with van der Waals surface area (Å²) in [5.74, 6) is -5.17. The van der Waals surface area contributed by atoms with Crippen LogP contribution in [-0.2, 0) is 9.53 Å². The Hall–Kier alpha value is -2.75. The molecule has 0 saturated carbocycles. The molecule has 1 unspecified atom stereocenters. The number of urea groups is 1. The fourth-order valence-corrected chi connectivity index (χ4v) is 1.52. The molecule has 8 nitrogen and oxygen atoms in total. The van der Waals surface area contributed by atoms with E-state index in [-0.39, 0.29) is 12.3 Å². The van der Waals surface area contributed by atoms with Crippen LogP contribution in [-0.4, -0.2) is 46.9 Å². The minimum Gasteiger partial charge on any atom is -0.479 e. The quantitative estimate of drug-likeness (QED) is 0.572. The second-order valence-electron chi connectivity index (χ2n) is 4.92. The maximum Gasteiger partial charge on any atom is 0.340 e. The van der Waals surface area contributed by atoms with E-state index >= 15 is 0 Å². The number of hydrogen-bond donors (Lipinski definition) is 4. The molecule has 24 heavy (non-hydrogen) atoms. The predicted octanol–water partition coefficient (Wildman–Crippen LogP) is 1.10. The predicted molar refractivity (Wildman–Crippen MR) is 77.6 cm³/mol. The van der Waals surface area contributed by atoms with Gasteiger partial charge in [-0.15, -0.1) is 0 Å². The Labute approximate surface area is 135 Å². The van der Waals surface area contributed by atoms with Crippen molar-refractivity contribution in [3.63, 3.8) is 0 Å². The summed E-state index contributed by atoms with van der Waals surface area (Å²) in [6.07, 6.45) is 0. The molecule has 132 valence electrons. The fraction of sp³-hybridized carbons (Fsp3) is 0.357. The van der Waals surface area contributed by atoms with Crippen LogP contribution < -0.4 is 10.6 Å². The van der Waals surface area contributed by atoms with Gasteiger partial charge < -0.3 is 25.6 Å². The van der Waals surface area contributed by atoms with Crippen molar-refractivity contribution < 1.29 is 38.1 Å². The van der Waals surface area contributed by atoms with E-state index in [1.54, 1.807) is 0 Å². The van der Waals surface area contributed by atoms with Gasteiger partial charge in [-0.25, -0.2) is 23.2 Å². The number of carboxylic acids is 1. The Morgan fingerprint density at radius 2 is 1.83 bits per heavy atom. The van der Waals surface area contributed by atoms with Crippen LogP contribution in [0.5, 0.6) is 0 Å². The van der Waals surface area contributed by atoms with Gasteiger partial charge in [0.05, 0.1) is 24.4 Å². The first-order valence-corrected chi connectivity index (χ1v) is 6.75. The SMILES string of the molecule is CCOC(=O)c1cc(F)c(F)cc1NC(=O)NCC(C)(O)C(=O)O. The maximum absolute atomic E-state index is 13.3. The number of halogens is 2. The van der Waals surface area contributed by atoms with E-state index in [2.05, 4.69) is 10.1 Å². The second kappa shape index (κ2) is 7.68. The van der Waals surface area contributed by atoms with Crippen molar-refractivity contribution in [2.24, 2.45) is 0 Å². The standard InChI is InChI=1S/C14H16F2N2O6/c1-3-24-11(19)7-4-8(15)9(16)5-10(7)18-13(22)17-6-14(2,23)12(20)21/h4-5,23H,3,6H2,1-2H3,(H,20,21)(H2,17,18,22). The minimum atomic E-state index is -2.23. The van der Waals surface area contributed by atoms with Gasteiger partial charge in [-0.05, 0) is 19.9 Å². The highest BCUT2D eigenvalue weighted by Gasteiger charge is 2.30. The topological polar surface area (TPSA) is 125 Å². The molecule has 0 aliphatic carbocycles. The van der Waals surface area contributed by atoms with E-state index in [0.29, 0.717) is 12.1 Å². The van der Waals surface area contributed by atoms with Crippen LogP contribution in [0.15, 0.2) is 12.1 Å². The van der Waals surface area contributed by atoms with Crippen LogP contribution in [0.25, 0.3) is 0 Å². The molecule has 0 aliphatic heterocycles. The molecular formula is C14H16F2N2O6. The van der Waals surface area contributed by atoms with E-state index in [4.69, 9.17) is 5.11 Å². The van der Waals surface area contributed by atoms with Crippen LogP contribution in [0.3, 0.4) is 0 Å². The number of benzene rings is 1. The van der Waals surface area contributed by atoms with Crippen molar-refractivity contribution in [3.05, 3.63) is 29.3 Å². The number of rotatable bonds is 6. The first kappa shape index (κ1) is 19.3. The average molecular weight is 346 g/mol. The Balaban J connectivity index is 2.93. The largest absolute Gasteiger partial charge is 0.479 e. The summed E-state index contributed by atoms with van der Waals surface area (Å²) in [6.45, 7) is 1.78. The summed E-state index contributed by atoms with van der Waals surface area (Å²) in [7, 11) is 0. The highest BCUT2D eigenvalue weighted by Crippen LogP contribution is 2.21. The van der Waals surface area contributed by atoms with Gasteiger partial charge in [0.25, 0.3) is 0 Å². The molecule has 0 radical (unpaired) electrons. The van der Waals surface area contributed by atoms with Gasteiger partial charge in [0.1, 0.15) is 0 Å². The number of anilines is 1. The molecule has 2 amide bonds. The third-order valence-corrected chi connectivity index (χ3v) is 2.86. The van der Waals surface area contributed by atoms with Gasteiger partial charge in [-0.2, -0.15) is 0 Å². The van der Waals surface area contributed by atoms with E-state index in [9.17, 15) is 28.3 Å². The Morgan fingerprint density at radius 1 is 1.25 bits per heavy atom. The first-order valence-electron chi connectivity index (χ1n) is 6.75. The lowest BCUT2D eigenvalue weighted by molar-refractivity contribution is -0.155. The maximum atomic E-state index is 13.3. The lowest BCUT2D eigenvalue weighted by Gasteiger charge is -2.19. The molecule has 0 aliphatic rings. The molecule has 1 atom stereocenters. The molecule has 1 aromatic rings. The molecule has 10 heteroatoms. The Bertz CT molecular complexity index is 663. The van der Waals surface area contributed by atoms with Crippen molar-refractivity contribution in [1.29, 1.82) is 0 Å². The van der Waals surface area contributed by atoms with Crippen LogP contribution in [0, 0.1) is 11.6 Å². The number of amides is 2. The smallest absolute Gasteiger partial charge is 0.340 e. The van der Waals surface area contributed by atoms with E-state index in [1.165, 1.54) is 6.92 Å². The summed E-state index contributed by atoms with van der Waals surface area (Å²) in [5.41, 5.74) is -3.02. The molecule has 1 rings (SSSR count). The van der Waals surface area contributed by atoms with Gasteiger partial charge in [-0.1, -0.05) is 0 Å². The van der Waals surface area contributed by atoms with E-state index in [1.807, 2.05) is 5.32 Å². The van der Waals surface area contributed by atoms with Crippen LogP contribution in [0.1, 0.15) is 24.2 Å². The van der Waals surface area contributed by atoms with Crippen molar-refractivity contribution in [2.75, 3.05) is 18.5 Å². The minimum absolute atomic E-state index is 0.0229. The number of carbonyl (C=O) groups is 3. The summed E-state index contributed by atoms with van der Waals surface area (Å²) in [5, 5.41) is 22.3. The van der Waals surface area contributed by atoms with Crippen LogP contribution in [0.4, 0.5) is 19.3 Å². The zero-order chi connectivity index (χ0) is 18.5. The molecular weight excluding hydrogens is 330 g/mol. The number of ether oxygens (including phenoxy) is 1. The molecule has 0 spiro atoms. The number of hydrogen-bond acceptors (Lipinski definition) is 5. The normalized spacial score (nSPS) is 12.9. The van der Waals surface area contributed by atoms with Gasteiger partial charge in [0.2, 0.25) is 0 Å². The lowest BCUT2D eigenvalue weighted by Crippen LogP contribution is -2.47. The number of carbonyl (C=O) groups excluding carboxylic acids is 2. The van der Waals surface area contributed by atoms with Gasteiger partial charge in [0, 0.05) is 6.07 Å². The zero-order valence-corrected chi connectivity index (χ0v) is 12.9. The number of aliphatic hydroxyl groups is 1. The second-order valence-corrected chi connectivity index (χ2v) is 4.92. The summed E-state index contributed by atoms with van der Waals surface area (Å²) < 4.78 is 31.3. The molecule has 1 aromatic carbocycles. The third kappa shape index (κ3) is 4.88. The van der Waals surface area contributed by atoms with Crippen molar-refractivity contribution in [1.82, 2.24) is 5.32 Å². The molecule has 0 heterocycles. The first-order chi connectivity index (χ1) is 11.1. The molecule has 0 bridgehead atoms. The molecule has 0 fully saturated rings.